The Morgan fingerprint density at radius 2 is 0.848 bits per heavy atom. The zero-order valence-corrected chi connectivity index (χ0v) is 25.1. The summed E-state index contributed by atoms with van der Waals surface area (Å²) in [5.74, 6) is 0. The van der Waals surface area contributed by atoms with E-state index < -0.39 is 143 Å². The number of hydrogen-bond acceptors (Lipinski definition) is 22. The molecule has 0 radical (unpaired) electrons. The van der Waals surface area contributed by atoms with Gasteiger partial charge in [-0.05, 0) is 0 Å². The van der Waals surface area contributed by atoms with Crippen LogP contribution in [0, 0.1) is 0 Å². The third-order valence-electron chi connectivity index (χ3n) is 6.71. The van der Waals surface area contributed by atoms with Gasteiger partial charge in [-0.1, -0.05) is 0 Å². The van der Waals surface area contributed by atoms with Crippen LogP contribution in [0.2, 0.25) is 0 Å². The largest absolute Gasteiger partial charge is 0.397 e. The number of ether oxygens (including phenoxy) is 5. The highest BCUT2D eigenvalue weighted by Gasteiger charge is 2.56. The normalized spacial score (nSPS) is 43.0. The van der Waals surface area contributed by atoms with Crippen molar-refractivity contribution in [2.75, 3.05) is 19.8 Å². The van der Waals surface area contributed by atoms with E-state index >= 15 is 0 Å². The van der Waals surface area contributed by atoms with Gasteiger partial charge in [0.05, 0.1) is 19.8 Å². The molecular formula is C18H32O25S3. The Morgan fingerprint density at radius 1 is 0.457 bits per heavy atom. The van der Waals surface area contributed by atoms with E-state index in [9.17, 15) is 70.7 Å². The van der Waals surface area contributed by atoms with Crippen molar-refractivity contribution < 1.29 is 116 Å². The first-order chi connectivity index (χ1) is 21.1. The van der Waals surface area contributed by atoms with Gasteiger partial charge >= 0.3 is 31.2 Å². The van der Waals surface area contributed by atoms with Gasteiger partial charge in [-0.15, -0.1) is 0 Å². The highest BCUT2D eigenvalue weighted by atomic mass is 32.3. The van der Waals surface area contributed by atoms with Crippen LogP contribution in [0.5, 0.6) is 0 Å². The number of aliphatic hydroxyl groups excluding tert-OH is 8. The van der Waals surface area contributed by atoms with Crippen molar-refractivity contribution in [3.8, 4) is 0 Å². The maximum Gasteiger partial charge on any atom is 0.397 e. The predicted molar refractivity (Wildman–Crippen MR) is 132 cm³/mol. The molecule has 0 aromatic carbocycles. The zero-order chi connectivity index (χ0) is 34.9. The molecule has 11 N–H and O–H groups in total. The fraction of sp³-hybridized carbons (Fsp3) is 1.00. The molecule has 0 aromatic heterocycles. The molecule has 28 heteroatoms. The van der Waals surface area contributed by atoms with Crippen LogP contribution in [0.15, 0.2) is 0 Å². The predicted octanol–water partition coefficient (Wildman–Crippen LogP) is -8.09. The topological polar surface area (TPSA) is 399 Å². The molecular weight excluding hydrogens is 712 g/mol. The van der Waals surface area contributed by atoms with E-state index in [-0.39, 0.29) is 0 Å². The zero-order valence-electron chi connectivity index (χ0n) is 22.6. The van der Waals surface area contributed by atoms with Crippen molar-refractivity contribution in [2.45, 2.75) is 92.1 Å². The molecule has 3 rings (SSSR count). The van der Waals surface area contributed by atoms with E-state index in [0.717, 1.165) is 0 Å². The first-order valence-corrected chi connectivity index (χ1v) is 16.7. The lowest BCUT2D eigenvalue weighted by Gasteiger charge is -2.48. The summed E-state index contributed by atoms with van der Waals surface area (Å²) in [4.78, 5) is 0. The molecule has 0 bridgehead atoms. The number of rotatable bonds is 13. The second-order valence-corrected chi connectivity index (χ2v) is 13.0. The molecule has 0 aromatic rings. The van der Waals surface area contributed by atoms with Gasteiger partial charge in [-0.25, -0.2) is 12.5 Å². The van der Waals surface area contributed by atoms with Gasteiger partial charge in [0, 0.05) is 0 Å². The van der Waals surface area contributed by atoms with Crippen LogP contribution in [0.1, 0.15) is 0 Å². The fourth-order valence-corrected chi connectivity index (χ4v) is 6.27. The van der Waals surface area contributed by atoms with Crippen LogP contribution >= 0.6 is 0 Å². The van der Waals surface area contributed by atoms with Crippen molar-refractivity contribution in [1.29, 1.82) is 0 Å². The summed E-state index contributed by atoms with van der Waals surface area (Å²) in [5.41, 5.74) is 0. The van der Waals surface area contributed by atoms with Gasteiger partial charge < -0.3 is 64.5 Å². The molecule has 3 heterocycles. The molecule has 0 unspecified atom stereocenters. The van der Waals surface area contributed by atoms with E-state index in [0.29, 0.717) is 0 Å². The monoisotopic (exact) mass is 744 g/mol. The third kappa shape index (κ3) is 9.84. The summed E-state index contributed by atoms with van der Waals surface area (Å²) in [6.07, 6.45) is -33.1. The summed E-state index contributed by atoms with van der Waals surface area (Å²) in [7, 11) is -16.3. The van der Waals surface area contributed by atoms with Gasteiger partial charge in [0.15, 0.2) is 25.0 Å². The van der Waals surface area contributed by atoms with Crippen LogP contribution < -0.4 is 0 Å². The highest BCUT2D eigenvalue weighted by molar-refractivity contribution is 7.81. The molecule has 0 saturated carbocycles. The molecule has 0 spiro atoms. The minimum Gasteiger partial charge on any atom is -0.394 e. The van der Waals surface area contributed by atoms with Crippen LogP contribution in [-0.4, -0.2) is 192 Å². The second-order valence-electron chi connectivity index (χ2n) is 9.83. The Morgan fingerprint density at radius 3 is 1.33 bits per heavy atom. The lowest BCUT2D eigenvalue weighted by molar-refractivity contribution is -0.374. The second kappa shape index (κ2) is 15.3. The van der Waals surface area contributed by atoms with Crippen molar-refractivity contribution in [3.63, 3.8) is 0 Å². The van der Waals surface area contributed by atoms with Gasteiger partial charge in [-0.3, -0.25) is 13.7 Å². The molecule has 46 heavy (non-hydrogen) atoms. The number of hydrogen-bond donors (Lipinski definition) is 11. The Kier molecular flexibility index (Phi) is 13.2. The molecule has 3 aliphatic rings. The van der Waals surface area contributed by atoms with Crippen molar-refractivity contribution >= 4 is 31.2 Å². The SMILES string of the molecule is O=S(=O)(O)O[C@@H]1[C@@H](O)[C@@H](O[C@H]2[C@H](OS(=O)(=O)O)[C@@H](O)[C@@H](O[C@H]3[C@H](O)[C@@H](OS(=O)(=O)O)[C@@H](O)O[C@@H]3CO)O[C@@H]2CO)O[C@H](CO)[C@H]1O. The van der Waals surface area contributed by atoms with Crippen LogP contribution in [0.4, 0.5) is 0 Å². The van der Waals surface area contributed by atoms with Crippen molar-refractivity contribution in [1.82, 2.24) is 0 Å². The van der Waals surface area contributed by atoms with E-state index in [1.54, 1.807) is 0 Å². The smallest absolute Gasteiger partial charge is 0.394 e. The first-order valence-electron chi connectivity index (χ1n) is 12.6. The summed E-state index contributed by atoms with van der Waals surface area (Å²) < 4.78 is 135. The molecule has 272 valence electrons. The van der Waals surface area contributed by atoms with Gasteiger partial charge in [0.2, 0.25) is 0 Å². The van der Waals surface area contributed by atoms with Gasteiger partial charge in [-0.2, -0.15) is 25.3 Å². The van der Waals surface area contributed by atoms with E-state index in [1.165, 1.54) is 0 Å². The van der Waals surface area contributed by atoms with E-state index in [4.69, 9.17) is 32.8 Å². The molecule has 3 aliphatic heterocycles. The standard InChI is InChI=1S/C18H32O25S3/c19-1-4-7(22)13(41-44(27,28)29)9(24)17(37-4)40-12-6(3-21)38-18(10(25)14(12)42-45(30,31)32)39-11-5(2-20)36-16(26)15(8(11)23)43-46(33,34)35/h4-26H,1-3H2,(H,27,28,29)(H,30,31,32)(H,33,34,35)/t4-,5-,6-,7-,8+,9-,10-,11-,12-,13+,14-,15-,16+,17-,18-/m1/s1. The maximum absolute atomic E-state index is 11.7. The lowest BCUT2D eigenvalue weighted by Crippen LogP contribution is -2.67. The number of aliphatic hydroxyl groups is 8. The first kappa shape index (κ1) is 39.5. The van der Waals surface area contributed by atoms with Crippen molar-refractivity contribution in [3.05, 3.63) is 0 Å². The van der Waals surface area contributed by atoms with Gasteiger partial charge in [0.25, 0.3) is 0 Å². The lowest BCUT2D eigenvalue weighted by atomic mass is 9.96. The van der Waals surface area contributed by atoms with Crippen molar-refractivity contribution in [2.24, 2.45) is 0 Å². The van der Waals surface area contributed by atoms with Crippen LogP contribution in [-0.2, 0) is 67.4 Å². The Balaban J connectivity index is 1.93. The Labute approximate surface area is 259 Å². The average molecular weight is 745 g/mol. The highest BCUT2D eigenvalue weighted by Crippen LogP contribution is 2.35. The summed E-state index contributed by atoms with van der Waals surface area (Å²) in [5, 5.41) is 81.5. The molecule has 0 amide bonds. The molecule has 25 nitrogen and oxygen atoms in total. The third-order valence-corrected chi connectivity index (χ3v) is 8.11. The van der Waals surface area contributed by atoms with E-state index in [2.05, 4.69) is 12.5 Å². The summed E-state index contributed by atoms with van der Waals surface area (Å²) in [6.45, 7) is -3.40. The summed E-state index contributed by atoms with van der Waals surface area (Å²) >= 11 is 0. The maximum atomic E-state index is 11.7. The van der Waals surface area contributed by atoms with Gasteiger partial charge in [0.1, 0.15) is 67.1 Å². The molecule has 15 atom stereocenters. The quantitative estimate of drug-likeness (QED) is 0.0780. The Bertz CT molecular complexity index is 1330. The average Bonchev–Trinajstić information content (AvgIpc) is 2.93. The molecule has 0 aliphatic carbocycles. The fourth-order valence-electron chi connectivity index (χ4n) is 4.77. The van der Waals surface area contributed by atoms with Crippen LogP contribution in [0.3, 0.4) is 0 Å². The van der Waals surface area contributed by atoms with Crippen LogP contribution in [0.25, 0.3) is 0 Å². The summed E-state index contributed by atoms with van der Waals surface area (Å²) in [6, 6.07) is 0. The van der Waals surface area contributed by atoms with E-state index in [1.807, 2.05) is 0 Å². The minimum atomic E-state index is -5.57. The minimum absolute atomic E-state index is 1.08. The molecule has 3 fully saturated rings. The molecule has 3 saturated heterocycles. The Hall–Kier alpha value is -0.910.